The van der Waals surface area contributed by atoms with Crippen molar-refractivity contribution in [2.75, 3.05) is 5.32 Å². The third-order valence-corrected chi connectivity index (χ3v) is 4.18. The molecule has 138 valence electrons. The highest BCUT2D eigenvalue weighted by Crippen LogP contribution is 2.35. The average molecular weight is 369 g/mol. The fourth-order valence-electron chi connectivity index (χ4n) is 2.79. The molecule has 1 heterocycles. The minimum absolute atomic E-state index is 0.210. The molecule has 1 aromatic heterocycles. The van der Waals surface area contributed by atoms with Crippen LogP contribution in [-0.4, -0.2) is 14.9 Å². The number of hydrogen-bond acceptors (Lipinski definition) is 5. The van der Waals surface area contributed by atoms with E-state index in [1.54, 1.807) is 24.3 Å². The molecule has 3 aromatic carbocycles. The lowest BCUT2D eigenvalue weighted by Gasteiger charge is -2.10. The Kier molecular flexibility index (Phi) is 4.84. The normalized spacial score (nSPS) is 11.0. The van der Waals surface area contributed by atoms with Crippen LogP contribution in [0.25, 0.3) is 5.69 Å². The van der Waals surface area contributed by atoms with Crippen molar-refractivity contribution < 1.29 is 5.11 Å². The van der Waals surface area contributed by atoms with Gasteiger partial charge in [0.2, 0.25) is 0 Å². The molecule has 0 spiro atoms. The van der Waals surface area contributed by atoms with Crippen LogP contribution in [0.2, 0.25) is 0 Å². The topological polar surface area (TPSA) is 74.8 Å². The molecule has 0 radical (unpaired) electrons. The molecule has 4 aromatic rings. The van der Waals surface area contributed by atoms with Crippen LogP contribution in [0.3, 0.4) is 0 Å². The van der Waals surface area contributed by atoms with Gasteiger partial charge in [-0.05, 0) is 55.5 Å². The van der Waals surface area contributed by atoms with E-state index in [1.165, 1.54) is 0 Å². The zero-order valence-corrected chi connectivity index (χ0v) is 15.3. The molecule has 0 aliphatic rings. The van der Waals surface area contributed by atoms with E-state index >= 15 is 0 Å². The number of para-hydroxylation sites is 1. The number of phenols is 1. The highest BCUT2D eigenvalue weighted by molar-refractivity contribution is 5.72. The molecular formula is C22H19N5O. The quantitative estimate of drug-likeness (QED) is 0.332. The molecule has 0 unspecified atom stereocenters. The number of aromatic nitrogens is 2. The molecule has 0 fully saturated rings. The summed E-state index contributed by atoms with van der Waals surface area (Å²) in [6.45, 7) is 1.90. The lowest BCUT2D eigenvalue weighted by molar-refractivity contribution is 0.475. The molecule has 0 atom stereocenters. The van der Waals surface area contributed by atoms with Gasteiger partial charge in [0.1, 0.15) is 5.75 Å². The molecule has 6 nitrogen and oxygen atoms in total. The number of benzene rings is 3. The molecule has 0 amide bonds. The van der Waals surface area contributed by atoms with Gasteiger partial charge in [-0.25, -0.2) is 4.68 Å². The van der Waals surface area contributed by atoms with Gasteiger partial charge in [-0.2, -0.15) is 10.2 Å². The van der Waals surface area contributed by atoms with E-state index in [0.29, 0.717) is 11.5 Å². The molecule has 2 N–H and O–H groups in total. The monoisotopic (exact) mass is 369 g/mol. The Labute approximate surface area is 162 Å². The van der Waals surface area contributed by atoms with Crippen LogP contribution in [0, 0.1) is 6.92 Å². The fourth-order valence-corrected chi connectivity index (χ4v) is 2.79. The molecular weight excluding hydrogens is 350 g/mol. The second kappa shape index (κ2) is 7.75. The first-order valence-corrected chi connectivity index (χ1v) is 8.88. The van der Waals surface area contributed by atoms with E-state index in [9.17, 15) is 5.11 Å². The lowest BCUT2D eigenvalue weighted by atomic mass is 10.3. The maximum Gasteiger partial charge on any atom is 0.162 e. The van der Waals surface area contributed by atoms with Gasteiger partial charge in [-0.1, -0.05) is 36.4 Å². The lowest BCUT2D eigenvalue weighted by Crippen LogP contribution is -2.02. The van der Waals surface area contributed by atoms with Crippen LogP contribution in [0.5, 0.6) is 5.75 Å². The minimum atomic E-state index is 0.210. The van der Waals surface area contributed by atoms with Crippen LogP contribution in [0.1, 0.15) is 5.69 Å². The summed E-state index contributed by atoms with van der Waals surface area (Å²) in [6, 6.07) is 26.3. The smallest absolute Gasteiger partial charge is 0.162 e. The average Bonchev–Trinajstić information content (AvgIpc) is 3.05. The van der Waals surface area contributed by atoms with Crippen molar-refractivity contribution in [1.29, 1.82) is 0 Å². The molecule has 0 saturated carbocycles. The number of nitrogens with zero attached hydrogens (tertiary/aromatic N) is 4. The molecule has 0 bridgehead atoms. The molecule has 0 saturated heterocycles. The van der Waals surface area contributed by atoms with E-state index in [4.69, 9.17) is 0 Å². The summed E-state index contributed by atoms with van der Waals surface area (Å²) < 4.78 is 1.81. The number of phenolic OH excluding ortho intramolecular Hbond substituents is 1. The van der Waals surface area contributed by atoms with E-state index in [2.05, 4.69) is 20.6 Å². The standard InChI is InChI=1S/C22H19N5O/c1-16-21(25-24-18-8-4-2-5-9-18)22(23-17-12-14-20(28)15-13-17)27(26-16)19-10-6-3-7-11-19/h2-15,23,28H,1H3. The van der Waals surface area contributed by atoms with Gasteiger partial charge in [0, 0.05) is 5.69 Å². The van der Waals surface area contributed by atoms with Crippen LogP contribution < -0.4 is 5.32 Å². The Morgan fingerprint density at radius 1 is 0.821 bits per heavy atom. The Morgan fingerprint density at radius 3 is 2.14 bits per heavy atom. The van der Waals surface area contributed by atoms with Crippen molar-refractivity contribution in [3.8, 4) is 11.4 Å². The number of azo groups is 1. The third-order valence-electron chi connectivity index (χ3n) is 4.18. The molecule has 28 heavy (non-hydrogen) atoms. The van der Waals surface area contributed by atoms with Gasteiger partial charge in [0.05, 0.1) is 17.1 Å². The number of anilines is 2. The van der Waals surface area contributed by atoms with Crippen LogP contribution in [0.15, 0.2) is 95.2 Å². The van der Waals surface area contributed by atoms with Gasteiger partial charge in [0.25, 0.3) is 0 Å². The number of aromatic hydroxyl groups is 1. The van der Waals surface area contributed by atoms with Gasteiger partial charge in [0.15, 0.2) is 11.5 Å². The Hall–Kier alpha value is -3.93. The summed E-state index contributed by atoms with van der Waals surface area (Å²) in [5.41, 5.74) is 3.90. The maximum absolute atomic E-state index is 9.55. The molecule has 0 aliphatic carbocycles. The van der Waals surface area contributed by atoms with Gasteiger partial charge >= 0.3 is 0 Å². The van der Waals surface area contributed by atoms with Crippen LogP contribution in [-0.2, 0) is 0 Å². The summed E-state index contributed by atoms with van der Waals surface area (Å²) >= 11 is 0. The van der Waals surface area contributed by atoms with Crippen molar-refractivity contribution in [3.63, 3.8) is 0 Å². The number of nitrogens with one attached hydrogen (secondary N) is 1. The Morgan fingerprint density at radius 2 is 1.46 bits per heavy atom. The molecule has 4 rings (SSSR count). The first-order chi connectivity index (χ1) is 13.7. The minimum Gasteiger partial charge on any atom is -0.508 e. The zero-order valence-electron chi connectivity index (χ0n) is 15.3. The summed E-state index contributed by atoms with van der Waals surface area (Å²) in [7, 11) is 0. The molecule has 6 heteroatoms. The van der Waals surface area contributed by atoms with E-state index < -0.39 is 0 Å². The predicted molar refractivity (Wildman–Crippen MR) is 110 cm³/mol. The van der Waals surface area contributed by atoms with Crippen molar-refractivity contribution >= 4 is 22.9 Å². The van der Waals surface area contributed by atoms with E-state index in [1.807, 2.05) is 72.3 Å². The summed E-state index contributed by atoms with van der Waals surface area (Å²) in [5, 5.41) is 26.4. The largest absolute Gasteiger partial charge is 0.508 e. The van der Waals surface area contributed by atoms with Crippen LogP contribution >= 0.6 is 0 Å². The first-order valence-electron chi connectivity index (χ1n) is 8.88. The predicted octanol–water partition coefficient (Wildman–Crippen LogP) is 6.05. The summed E-state index contributed by atoms with van der Waals surface area (Å²) in [4.78, 5) is 0. The fraction of sp³-hybridized carbons (Fsp3) is 0.0455. The van der Waals surface area contributed by atoms with Gasteiger partial charge < -0.3 is 10.4 Å². The second-order valence-electron chi connectivity index (χ2n) is 6.24. The van der Waals surface area contributed by atoms with Gasteiger partial charge in [-0.3, -0.25) is 0 Å². The zero-order chi connectivity index (χ0) is 19.3. The molecule has 0 aliphatic heterocycles. The summed E-state index contributed by atoms with van der Waals surface area (Å²) in [6.07, 6.45) is 0. The Bertz CT molecular complexity index is 1090. The van der Waals surface area contributed by atoms with Crippen molar-refractivity contribution in [3.05, 3.63) is 90.6 Å². The maximum atomic E-state index is 9.55. The second-order valence-corrected chi connectivity index (χ2v) is 6.24. The van der Waals surface area contributed by atoms with Crippen molar-refractivity contribution in [2.45, 2.75) is 6.92 Å². The first kappa shape index (κ1) is 17.5. The third kappa shape index (κ3) is 3.76. The van der Waals surface area contributed by atoms with Crippen molar-refractivity contribution in [1.82, 2.24) is 9.78 Å². The van der Waals surface area contributed by atoms with E-state index in [0.717, 1.165) is 22.8 Å². The Balaban J connectivity index is 1.79. The number of rotatable bonds is 5. The van der Waals surface area contributed by atoms with Crippen molar-refractivity contribution in [2.24, 2.45) is 10.2 Å². The van der Waals surface area contributed by atoms with E-state index in [-0.39, 0.29) is 5.75 Å². The van der Waals surface area contributed by atoms with Crippen LogP contribution in [0.4, 0.5) is 22.9 Å². The van der Waals surface area contributed by atoms with Gasteiger partial charge in [-0.15, -0.1) is 5.11 Å². The summed E-state index contributed by atoms with van der Waals surface area (Å²) in [5.74, 6) is 0.913. The number of aryl methyl sites for hydroxylation is 1. The SMILES string of the molecule is Cc1nn(-c2ccccc2)c(Nc2ccc(O)cc2)c1N=Nc1ccccc1. The number of hydrogen-bond donors (Lipinski definition) is 2. The highest BCUT2D eigenvalue weighted by Gasteiger charge is 2.17. The highest BCUT2D eigenvalue weighted by atomic mass is 16.3.